The van der Waals surface area contributed by atoms with Crippen LogP contribution in [-0.4, -0.2) is 47.8 Å². The summed E-state index contributed by atoms with van der Waals surface area (Å²) in [6.45, 7) is 6.93. The zero-order valence-electron chi connectivity index (χ0n) is 14.8. The van der Waals surface area contributed by atoms with E-state index in [9.17, 15) is 9.59 Å². The van der Waals surface area contributed by atoms with E-state index in [0.717, 1.165) is 18.4 Å². The van der Waals surface area contributed by atoms with Crippen LogP contribution in [0.15, 0.2) is 24.3 Å². The van der Waals surface area contributed by atoms with Crippen LogP contribution in [0.4, 0.5) is 0 Å². The van der Waals surface area contributed by atoms with Crippen LogP contribution in [0.1, 0.15) is 61.4 Å². The molecule has 1 aromatic carbocycles. The topological polar surface area (TPSA) is 40.6 Å². The first-order valence-corrected chi connectivity index (χ1v) is 9.24. The number of hydrogen-bond donors (Lipinski definition) is 0. The molecule has 1 heterocycles. The minimum atomic E-state index is 0.0817. The fourth-order valence-electron chi connectivity index (χ4n) is 3.75. The molecule has 4 nitrogen and oxygen atoms in total. The quantitative estimate of drug-likeness (QED) is 0.854. The summed E-state index contributed by atoms with van der Waals surface area (Å²) in [5.41, 5.74) is 1.99. The van der Waals surface area contributed by atoms with Crippen LogP contribution in [-0.2, 0) is 4.79 Å². The zero-order valence-corrected chi connectivity index (χ0v) is 14.8. The maximum Gasteiger partial charge on any atom is 0.253 e. The molecule has 24 heavy (non-hydrogen) atoms. The Hall–Kier alpha value is -1.84. The van der Waals surface area contributed by atoms with Crippen molar-refractivity contribution in [3.05, 3.63) is 35.4 Å². The van der Waals surface area contributed by atoms with E-state index >= 15 is 0 Å². The molecule has 1 aliphatic heterocycles. The van der Waals surface area contributed by atoms with Gasteiger partial charge >= 0.3 is 0 Å². The van der Waals surface area contributed by atoms with Gasteiger partial charge in [0.25, 0.3) is 5.91 Å². The molecule has 2 aliphatic rings. The third kappa shape index (κ3) is 3.63. The van der Waals surface area contributed by atoms with E-state index in [1.807, 2.05) is 34.1 Å². The average molecular weight is 328 g/mol. The Balaban J connectivity index is 1.55. The minimum absolute atomic E-state index is 0.0817. The number of carbonyl (C=O) groups is 2. The first kappa shape index (κ1) is 17.0. The van der Waals surface area contributed by atoms with Gasteiger partial charge in [0.1, 0.15) is 0 Å². The van der Waals surface area contributed by atoms with E-state index in [4.69, 9.17) is 0 Å². The number of amides is 2. The molecular weight excluding hydrogens is 300 g/mol. The molecule has 130 valence electrons. The van der Waals surface area contributed by atoms with Crippen LogP contribution < -0.4 is 0 Å². The second kappa shape index (κ2) is 7.37. The van der Waals surface area contributed by atoms with Crippen molar-refractivity contribution >= 4 is 11.8 Å². The van der Waals surface area contributed by atoms with Gasteiger partial charge in [0.2, 0.25) is 5.91 Å². The van der Waals surface area contributed by atoms with Crippen LogP contribution in [0.5, 0.6) is 0 Å². The number of nitrogens with zero attached hydrogens (tertiary/aromatic N) is 2. The molecule has 2 amide bonds. The van der Waals surface area contributed by atoms with Crippen molar-refractivity contribution in [3.63, 3.8) is 0 Å². The van der Waals surface area contributed by atoms with E-state index in [-0.39, 0.29) is 11.8 Å². The normalized spacial score (nSPS) is 19.1. The van der Waals surface area contributed by atoms with Crippen LogP contribution >= 0.6 is 0 Å². The van der Waals surface area contributed by atoms with Gasteiger partial charge < -0.3 is 9.80 Å². The molecule has 1 aliphatic carbocycles. The number of rotatable bonds is 3. The van der Waals surface area contributed by atoms with Crippen molar-refractivity contribution in [2.24, 2.45) is 5.92 Å². The Morgan fingerprint density at radius 1 is 0.917 bits per heavy atom. The highest BCUT2D eigenvalue weighted by Crippen LogP contribution is 2.27. The summed E-state index contributed by atoms with van der Waals surface area (Å²) in [7, 11) is 0. The molecule has 0 unspecified atom stereocenters. The van der Waals surface area contributed by atoms with Crippen molar-refractivity contribution < 1.29 is 9.59 Å². The first-order valence-electron chi connectivity index (χ1n) is 9.24. The lowest BCUT2D eigenvalue weighted by Crippen LogP contribution is -2.51. The molecule has 0 N–H and O–H groups in total. The summed E-state index contributed by atoms with van der Waals surface area (Å²) in [6.07, 6.45) is 4.45. The van der Waals surface area contributed by atoms with Crippen molar-refractivity contribution in [1.82, 2.24) is 9.80 Å². The second-order valence-electron chi connectivity index (χ2n) is 7.38. The van der Waals surface area contributed by atoms with Gasteiger partial charge in [-0.3, -0.25) is 9.59 Å². The smallest absolute Gasteiger partial charge is 0.253 e. The Morgan fingerprint density at radius 2 is 1.46 bits per heavy atom. The van der Waals surface area contributed by atoms with E-state index in [0.29, 0.717) is 38.0 Å². The van der Waals surface area contributed by atoms with Gasteiger partial charge in [-0.25, -0.2) is 0 Å². The van der Waals surface area contributed by atoms with Gasteiger partial charge in [-0.15, -0.1) is 0 Å². The fourth-order valence-corrected chi connectivity index (χ4v) is 3.75. The molecule has 2 fully saturated rings. The molecule has 1 aromatic rings. The van der Waals surface area contributed by atoms with Crippen molar-refractivity contribution in [3.8, 4) is 0 Å². The minimum Gasteiger partial charge on any atom is -0.339 e. The van der Waals surface area contributed by atoms with Gasteiger partial charge in [-0.1, -0.05) is 38.8 Å². The number of hydrogen-bond acceptors (Lipinski definition) is 2. The van der Waals surface area contributed by atoms with Gasteiger partial charge in [0.05, 0.1) is 0 Å². The lowest BCUT2D eigenvalue weighted by atomic mass is 10.0. The summed E-state index contributed by atoms with van der Waals surface area (Å²) in [5.74, 6) is 1.09. The summed E-state index contributed by atoms with van der Waals surface area (Å²) in [5, 5.41) is 0. The Bertz CT molecular complexity index is 580. The number of piperazine rings is 1. The second-order valence-corrected chi connectivity index (χ2v) is 7.38. The predicted molar refractivity (Wildman–Crippen MR) is 95.0 cm³/mol. The maximum atomic E-state index is 12.6. The largest absolute Gasteiger partial charge is 0.339 e. The Kier molecular flexibility index (Phi) is 5.22. The molecular formula is C20H28N2O2. The van der Waals surface area contributed by atoms with Crippen LogP contribution in [0.25, 0.3) is 0 Å². The van der Waals surface area contributed by atoms with E-state index < -0.39 is 0 Å². The van der Waals surface area contributed by atoms with Crippen LogP contribution in [0.3, 0.4) is 0 Å². The zero-order chi connectivity index (χ0) is 17.1. The molecule has 0 bridgehead atoms. The molecule has 3 rings (SSSR count). The van der Waals surface area contributed by atoms with Gasteiger partial charge in [0.15, 0.2) is 0 Å². The molecule has 0 atom stereocenters. The molecule has 4 heteroatoms. The summed E-state index contributed by atoms with van der Waals surface area (Å²) in [6, 6.07) is 7.93. The molecule has 0 radical (unpaired) electrons. The SMILES string of the molecule is CC(C)c1ccc(C(=O)N2CCN(C(=O)C3CCCC3)CC2)cc1. The van der Waals surface area contributed by atoms with Crippen LogP contribution in [0, 0.1) is 5.92 Å². The summed E-state index contributed by atoms with van der Waals surface area (Å²) < 4.78 is 0. The molecule has 1 saturated carbocycles. The first-order chi connectivity index (χ1) is 11.6. The Morgan fingerprint density at radius 3 is 2.00 bits per heavy atom. The van der Waals surface area contributed by atoms with E-state index in [2.05, 4.69) is 13.8 Å². The average Bonchev–Trinajstić information content (AvgIpc) is 3.15. The van der Waals surface area contributed by atoms with E-state index in [1.54, 1.807) is 0 Å². The number of benzene rings is 1. The van der Waals surface area contributed by atoms with E-state index in [1.165, 1.54) is 18.4 Å². The highest BCUT2D eigenvalue weighted by molar-refractivity contribution is 5.94. The lowest BCUT2D eigenvalue weighted by Gasteiger charge is -2.36. The van der Waals surface area contributed by atoms with Crippen molar-refractivity contribution in [2.45, 2.75) is 45.4 Å². The number of carbonyl (C=O) groups excluding carboxylic acids is 2. The van der Waals surface area contributed by atoms with Crippen molar-refractivity contribution in [1.29, 1.82) is 0 Å². The maximum absolute atomic E-state index is 12.6. The van der Waals surface area contributed by atoms with Crippen molar-refractivity contribution in [2.75, 3.05) is 26.2 Å². The monoisotopic (exact) mass is 328 g/mol. The van der Waals surface area contributed by atoms with Gasteiger partial charge in [0, 0.05) is 37.7 Å². The Labute approximate surface area is 144 Å². The van der Waals surface area contributed by atoms with Gasteiger partial charge in [-0.2, -0.15) is 0 Å². The summed E-state index contributed by atoms with van der Waals surface area (Å²) in [4.78, 5) is 28.9. The third-order valence-corrected chi connectivity index (χ3v) is 5.41. The predicted octanol–water partition coefficient (Wildman–Crippen LogP) is 3.28. The molecule has 1 saturated heterocycles. The molecule has 0 spiro atoms. The summed E-state index contributed by atoms with van der Waals surface area (Å²) >= 11 is 0. The lowest BCUT2D eigenvalue weighted by molar-refractivity contribution is -0.136. The highest BCUT2D eigenvalue weighted by Gasteiger charge is 2.30. The fraction of sp³-hybridized carbons (Fsp3) is 0.600. The van der Waals surface area contributed by atoms with Gasteiger partial charge in [-0.05, 0) is 36.5 Å². The standard InChI is InChI=1S/C20H28N2O2/c1-15(2)16-7-9-18(10-8-16)20(24)22-13-11-21(12-14-22)19(23)17-5-3-4-6-17/h7-10,15,17H,3-6,11-14H2,1-2H3. The highest BCUT2D eigenvalue weighted by atomic mass is 16.2. The molecule has 0 aromatic heterocycles. The van der Waals surface area contributed by atoms with Crippen LogP contribution in [0.2, 0.25) is 0 Å². The third-order valence-electron chi connectivity index (χ3n) is 5.41.